The number of aromatic amines is 1. The first-order valence-electron chi connectivity index (χ1n) is 9.44. The second-order valence-corrected chi connectivity index (χ2v) is 7.79. The van der Waals surface area contributed by atoms with Crippen LogP contribution in [0.1, 0.15) is 37.7 Å². The molecular formula is C20H25N5O4. The van der Waals surface area contributed by atoms with Crippen LogP contribution in [0.5, 0.6) is 0 Å². The van der Waals surface area contributed by atoms with Gasteiger partial charge in [-0.25, -0.2) is 4.99 Å². The fourth-order valence-corrected chi connectivity index (χ4v) is 2.82. The van der Waals surface area contributed by atoms with Gasteiger partial charge < -0.3 is 20.1 Å². The number of ether oxygens (including phenoxy) is 1. The number of hydrogen-bond acceptors (Lipinski definition) is 7. The van der Waals surface area contributed by atoms with Crippen molar-refractivity contribution in [3.05, 3.63) is 30.0 Å². The zero-order valence-electron chi connectivity index (χ0n) is 16.7. The minimum atomic E-state index is -0.483. The normalized spacial score (nSPS) is 16.3. The number of rotatable bonds is 8. The lowest BCUT2D eigenvalue weighted by atomic mass is 9.89. The van der Waals surface area contributed by atoms with Crippen LogP contribution >= 0.6 is 0 Å². The van der Waals surface area contributed by atoms with Crippen LogP contribution in [0.15, 0.2) is 39.5 Å². The largest absolute Gasteiger partial charge is 0.394 e. The Hall–Kier alpha value is -2.91. The molecule has 1 amide bonds. The number of Topliss-reactive ketones (excluding diaryl/α,β-unsaturated/α-hetero) is 1. The number of aliphatic imine (C=N–C) groups is 1. The Morgan fingerprint density at radius 2 is 2.03 bits per heavy atom. The van der Waals surface area contributed by atoms with Crippen LogP contribution in [0.2, 0.25) is 0 Å². The van der Waals surface area contributed by atoms with Crippen molar-refractivity contribution < 1.29 is 19.4 Å². The Morgan fingerprint density at radius 1 is 1.24 bits per heavy atom. The van der Waals surface area contributed by atoms with Crippen molar-refractivity contribution in [1.82, 2.24) is 4.98 Å². The third-order valence-electron chi connectivity index (χ3n) is 4.32. The number of nitrogens with one attached hydrogen (secondary N) is 2. The lowest BCUT2D eigenvalue weighted by Crippen LogP contribution is -2.20. The van der Waals surface area contributed by atoms with Gasteiger partial charge in [0, 0.05) is 28.4 Å². The van der Waals surface area contributed by atoms with E-state index >= 15 is 0 Å². The number of aliphatic hydroxyl groups excluding tert-OH is 1. The average molecular weight is 399 g/mol. The van der Waals surface area contributed by atoms with E-state index in [0.29, 0.717) is 24.4 Å². The number of fused-ring (bicyclic) bond motifs is 1. The van der Waals surface area contributed by atoms with Crippen molar-refractivity contribution in [2.45, 2.75) is 33.4 Å². The Kier molecular flexibility index (Phi) is 6.19. The monoisotopic (exact) mass is 399 g/mol. The van der Waals surface area contributed by atoms with E-state index in [1.54, 1.807) is 18.2 Å². The molecule has 2 aromatic rings. The zero-order chi connectivity index (χ0) is 21.0. The summed E-state index contributed by atoms with van der Waals surface area (Å²) < 4.78 is 5.17. The molecule has 1 atom stereocenters. The fraction of sp³-hybridized carbons (Fsp3) is 0.450. The van der Waals surface area contributed by atoms with Crippen LogP contribution in [-0.4, -0.2) is 53.6 Å². The molecule has 9 nitrogen and oxygen atoms in total. The van der Waals surface area contributed by atoms with Crippen LogP contribution in [0.3, 0.4) is 0 Å². The van der Waals surface area contributed by atoms with E-state index in [-0.39, 0.29) is 24.8 Å². The fourth-order valence-electron chi connectivity index (χ4n) is 2.82. The molecule has 3 rings (SSSR count). The third-order valence-corrected chi connectivity index (χ3v) is 4.32. The van der Waals surface area contributed by atoms with Crippen molar-refractivity contribution in [3.63, 3.8) is 0 Å². The summed E-state index contributed by atoms with van der Waals surface area (Å²) in [6.07, 6.45) is 0.0350. The summed E-state index contributed by atoms with van der Waals surface area (Å²) in [5, 5.41) is 20.0. The van der Waals surface area contributed by atoms with Crippen molar-refractivity contribution in [2.24, 2.45) is 20.6 Å². The number of carbonyl (C=O) groups excluding carboxylic acids is 2. The number of nitrogens with zero attached hydrogens (tertiary/aromatic N) is 3. The summed E-state index contributed by atoms with van der Waals surface area (Å²) in [5.74, 6) is -0.419. The molecule has 1 aromatic heterocycles. The Balaban J connectivity index is 1.65. The zero-order valence-corrected chi connectivity index (χ0v) is 16.7. The quantitative estimate of drug-likeness (QED) is 0.465. The van der Waals surface area contributed by atoms with Crippen molar-refractivity contribution in [2.75, 3.05) is 25.1 Å². The van der Waals surface area contributed by atoms with Crippen LogP contribution in [0.4, 0.5) is 5.69 Å². The molecule has 1 aliphatic rings. The van der Waals surface area contributed by atoms with Gasteiger partial charge in [-0.1, -0.05) is 20.8 Å². The third kappa shape index (κ3) is 5.12. The van der Waals surface area contributed by atoms with Crippen molar-refractivity contribution in [1.29, 1.82) is 0 Å². The highest BCUT2D eigenvalue weighted by atomic mass is 16.5. The lowest BCUT2D eigenvalue weighted by Gasteiger charge is -2.14. The highest BCUT2D eigenvalue weighted by molar-refractivity contribution is 6.42. The maximum Gasteiger partial charge on any atom is 0.295 e. The van der Waals surface area contributed by atoms with Crippen molar-refractivity contribution >= 4 is 34.1 Å². The number of azo groups is 1. The Labute approximate surface area is 168 Å². The minimum absolute atomic E-state index is 0.00919. The molecule has 9 heteroatoms. The van der Waals surface area contributed by atoms with E-state index in [1.807, 2.05) is 26.8 Å². The Bertz CT molecular complexity index is 971. The standard InChI is InChI=1S/C20H25N5O4/c1-20(2,3)17(27)15-11-12-10-13(4-5-14(12)22-15)21-19(28)18-23-16(24-25-18)6-8-29-9-7-26/h4-5,10-11,16,22,26H,6-9H2,1-3H3,(H,21,28). The summed E-state index contributed by atoms with van der Waals surface area (Å²) in [6.45, 7) is 6.20. The first kappa shape index (κ1) is 20.8. The smallest absolute Gasteiger partial charge is 0.295 e. The molecule has 1 aliphatic heterocycles. The van der Waals surface area contributed by atoms with Gasteiger partial charge in [0.1, 0.15) is 0 Å². The van der Waals surface area contributed by atoms with E-state index < -0.39 is 17.5 Å². The molecule has 0 aliphatic carbocycles. The molecule has 0 radical (unpaired) electrons. The van der Waals surface area contributed by atoms with E-state index in [0.717, 1.165) is 10.9 Å². The second kappa shape index (κ2) is 8.62. The summed E-state index contributed by atoms with van der Waals surface area (Å²) in [4.78, 5) is 32.2. The molecule has 0 bridgehead atoms. The van der Waals surface area contributed by atoms with Crippen molar-refractivity contribution in [3.8, 4) is 0 Å². The van der Waals surface area contributed by atoms with Crippen LogP contribution in [-0.2, 0) is 9.53 Å². The number of amides is 1. The van der Waals surface area contributed by atoms with Gasteiger partial charge >= 0.3 is 0 Å². The molecule has 154 valence electrons. The maximum atomic E-state index is 12.5. The van der Waals surface area contributed by atoms with Gasteiger partial charge in [-0.2, -0.15) is 5.11 Å². The number of hydrogen-bond donors (Lipinski definition) is 3. The number of aromatic nitrogens is 1. The SMILES string of the molecule is CC(C)(C)C(=O)c1cc2cc(NC(=O)C3=NC(CCOCCO)N=N3)ccc2[nH]1. The van der Waals surface area contributed by atoms with E-state index in [9.17, 15) is 9.59 Å². The average Bonchev–Trinajstić information content (AvgIpc) is 3.30. The number of amidine groups is 1. The van der Waals surface area contributed by atoms with Gasteiger partial charge in [0.05, 0.1) is 25.5 Å². The maximum absolute atomic E-state index is 12.5. The topological polar surface area (TPSA) is 128 Å². The predicted molar refractivity (Wildman–Crippen MR) is 109 cm³/mol. The molecule has 1 unspecified atom stereocenters. The van der Waals surface area contributed by atoms with E-state index in [4.69, 9.17) is 9.84 Å². The molecule has 1 aromatic carbocycles. The minimum Gasteiger partial charge on any atom is -0.394 e. The van der Waals surface area contributed by atoms with E-state index in [2.05, 4.69) is 25.5 Å². The molecule has 2 heterocycles. The van der Waals surface area contributed by atoms with Gasteiger partial charge in [-0.05, 0) is 24.3 Å². The first-order valence-corrected chi connectivity index (χ1v) is 9.44. The number of carbonyl (C=O) groups is 2. The summed E-state index contributed by atoms with van der Waals surface area (Å²) in [5.41, 5.74) is 1.44. The molecular weight excluding hydrogens is 374 g/mol. The number of H-pyrrole nitrogens is 1. The lowest BCUT2D eigenvalue weighted by molar-refractivity contribution is -0.110. The van der Waals surface area contributed by atoms with Gasteiger partial charge in [0.15, 0.2) is 11.9 Å². The van der Waals surface area contributed by atoms with Gasteiger partial charge in [-0.15, -0.1) is 5.11 Å². The summed E-state index contributed by atoms with van der Waals surface area (Å²) in [7, 11) is 0. The number of aliphatic hydroxyl groups is 1. The second-order valence-electron chi connectivity index (χ2n) is 7.79. The van der Waals surface area contributed by atoms with Gasteiger partial charge in [0.2, 0.25) is 5.84 Å². The number of benzene rings is 1. The summed E-state index contributed by atoms with van der Waals surface area (Å²) >= 11 is 0. The first-order chi connectivity index (χ1) is 13.8. The predicted octanol–water partition coefficient (Wildman–Crippen LogP) is 2.92. The van der Waals surface area contributed by atoms with Crippen LogP contribution < -0.4 is 5.32 Å². The van der Waals surface area contributed by atoms with Crippen LogP contribution in [0, 0.1) is 5.41 Å². The van der Waals surface area contributed by atoms with Crippen LogP contribution in [0.25, 0.3) is 10.9 Å². The summed E-state index contributed by atoms with van der Waals surface area (Å²) in [6, 6.07) is 7.13. The highest BCUT2D eigenvalue weighted by Crippen LogP contribution is 2.25. The molecule has 0 spiro atoms. The Morgan fingerprint density at radius 3 is 2.76 bits per heavy atom. The molecule has 0 fully saturated rings. The molecule has 0 saturated heterocycles. The number of anilines is 1. The van der Waals surface area contributed by atoms with E-state index in [1.165, 1.54) is 0 Å². The molecule has 3 N–H and O–H groups in total. The molecule has 29 heavy (non-hydrogen) atoms. The number of ketones is 1. The van der Waals surface area contributed by atoms with Gasteiger partial charge in [0.25, 0.3) is 5.91 Å². The van der Waals surface area contributed by atoms with Gasteiger partial charge in [-0.3, -0.25) is 9.59 Å². The molecule has 0 saturated carbocycles. The highest BCUT2D eigenvalue weighted by Gasteiger charge is 2.24.